The predicted molar refractivity (Wildman–Crippen MR) is 141 cm³/mol. The summed E-state index contributed by atoms with van der Waals surface area (Å²) >= 11 is 0. The van der Waals surface area contributed by atoms with Crippen LogP contribution in [0.5, 0.6) is 0 Å². The van der Waals surface area contributed by atoms with Gasteiger partial charge in [0, 0.05) is 6.92 Å². The van der Waals surface area contributed by atoms with Crippen molar-refractivity contribution in [1.82, 2.24) is 5.32 Å². The fourth-order valence-corrected chi connectivity index (χ4v) is 4.68. The van der Waals surface area contributed by atoms with E-state index in [-0.39, 0.29) is 30.1 Å². The van der Waals surface area contributed by atoms with Gasteiger partial charge in [0.15, 0.2) is 11.4 Å². The summed E-state index contributed by atoms with van der Waals surface area (Å²) in [5, 5.41) is 45.5. The number of aliphatic hydroxyl groups excluding tert-OH is 2. The van der Waals surface area contributed by atoms with E-state index in [0.717, 1.165) is 25.8 Å². The molecule has 0 radical (unpaired) electrons. The summed E-state index contributed by atoms with van der Waals surface area (Å²) in [4.78, 5) is 23.4. The Morgan fingerprint density at radius 3 is 2.42 bits per heavy atom. The smallest absolute Gasteiger partial charge is 0.302 e. The van der Waals surface area contributed by atoms with Crippen molar-refractivity contribution in [3.8, 4) is 0 Å². The number of carbonyl (C=O) groups is 2. The van der Waals surface area contributed by atoms with Gasteiger partial charge in [0.25, 0.3) is 0 Å². The molecule has 2 aliphatic heterocycles. The molecule has 0 aromatic rings. The van der Waals surface area contributed by atoms with Gasteiger partial charge < -0.3 is 40.0 Å². The van der Waals surface area contributed by atoms with Crippen LogP contribution in [0.2, 0.25) is 0 Å². The minimum absolute atomic E-state index is 0.0473. The zero-order chi connectivity index (χ0) is 28.8. The molecule has 2 fully saturated rings. The molecule has 38 heavy (non-hydrogen) atoms. The first-order valence-electron chi connectivity index (χ1n) is 13.2. The summed E-state index contributed by atoms with van der Waals surface area (Å²) in [5.41, 5.74) is -1.51. The van der Waals surface area contributed by atoms with Crippen LogP contribution in [-0.4, -0.2) is 86.9 Å². The molecule has 0 aromatic carbocycles. The molecule has 5 unspecified atom stereocenters. The first-order valence-corrected chi connectivity index (χ1v) is 13.2. The SMILES string of the molecule is CC(=O)OCC1(O)C(O)C(/C=C/C(C)=C/C[C@@H]2O[C@H](C)[C@H](NC(=O)/C=C\C(C)C)C[C@@H]2C)OC(C)(O)C1O. The van der Waals surface area contributed by atoms with E-state index in [9.17, 15) is 30.0 Å². The highest BCUT2D eigenvalue weighted by atomic mass is 16.7. The number of aliphatic hydroxyl groups is 4. The Bertz CT molecular complexity index is 912. The number of allylic oxidation sites excluding steroid dienone is 3. The number of amides is 1. The third kappa shape index (κ3) is 8.46. The summed E-state index contributed by atoms with van der Waals surface area (Å²) in [6.45, 7) is 11.5. The Hall–Kier alpha value is -2.08. The van der Waals surface area contributed by atoms with Gasteiger partial charge in [-0.05, 0) is 51.5 Å². The van der Waals surface area contributed by atoms with Crippen molar-refractivity contribution in [2.45, 2.75) is 109 Å². The van der Waals surface area contributed by atoms with Crippen LogP contribution in [0.3, 0.4) is 0 Å². The number of hydrogen-bond donors (Lipinski definition) is 5. The lowest BCUT2D eigenvalue weighted by atomic mass is 9.80. The van der Waals surface area contributed by atoms with Gasteiger partial charge in [0.05, 0.1) is 18.2 Å². The molecule has 5 N–H and O–H groups in total. The lowest BCUT2D eigenvalue weighted by Crippen LogP contribution is -2.72. The van der Waals surface area contributed by atoms with Crippen molar-refractivity contribution in [2.24, 2.45) is 11.8 Å². The maximum Gasteiger partial charge on any atom is 0.302 e. The predicted octanol–water partition coefficient (Wildman–Crippen LogP) is 1.51. The Morgan fingerprint density at radius 2 is 1.82 bits per heavy atom. The van der Waals surface area contributed by atoms with Gasteiger partial charge in [-0.1, -0.05) is 50.6 Å². The molecule has 10 heteroatoms. The molecule has 0 aromatic heterocycles. The van der Waals surface area contributed by atoms with Gasteiger partial charge >= 0.3 is 5.97 Å². The third-order valence-corrected chi connectivity index (χ3v) is 7.08. The second-order valence-electron chi connectivity index (χ2n) is 11.1. The Morgan fingerprint density at radius 1 is 1.16 bits per heavy atom. The van der Waals surface area contributed by atoms with Gasteiger partial charge in [-0.2, -0.15) is 0 Å². The second-order valence-corrected chi connectivity index (χ2v) is 11.1. The summed E-state index contributed by atoms with van der Waals surface area (Å²) < 4.78 is 16.4. The highest BCUT2D eigenvalue weighted by molar-refractivity contribution is 5.87. The molecule has 9 atom stereocenters. The van der Waals surface area contributed by atoms with E-state index in [0.29, 0.717) is 12.3 Å². The molecular formula is C28H45NO9. The van der Waals surface area contributed by atoms with Gasteiger partial charge in [-0.3, -0.25) is 9.59 Å². The molecule has 0 bridgehead atoms. The number of rotatable bonds is 9. The number of hydrogen-bond acceptors (Lipinski definition) is 9. The van der Waals surface area contributed by atoms with Gasteiger partial charge in [-0.15, -0.1) is 0 Å². The zero-order valence-corrected chi connectivity index (χ0v) is 23.5. The summed E-state index contributed by atoms with van der Waals surface area (Å²) in [7, 11) is 0. The average molecular weight is 540 g/mol. The maximum atomic E-state index is 12.2. The van der Waals surface area contributed by atoms with Crippen LogP contribution in [0.15, 0.2) is 36.0 Å². The van der Waals surface area contributed by atoms with E-state index >= 15 is 0 Å². The van der Waals surface area contributed by atoms with Crippen molar-refractivity contribution < 1.29 is 44.2 Å². The molecule has 1 amide bonds. The fourth-order valence-electron chi connectivity index (χ4n) is 4.68. The molecule has 0 aliphatic carbocycles. The van der Waals surface area contributed by atoms with Crippen LogP contribution in [-0.2, 0) is 23.8 Å². The molecule has 2 saturated heterocycles. The molecule has 10 nitrogen and oxygen atoms in total. The fraction of sp³-hybridized carbons (Fsp3) is 0.714. The van der Waals surface area contributed by atoms with Crippen LogP contribution >= 0.6 is 0 Å². The largest absolute Gasteiger partial charge is 0.463 e. The molecule has 0 spiro atoms. The lowest BCUT2D eigenvalue weighted by molar-refractivity contribution is -0.362. The minimum Gasteiger partial charge on any atom is -0.463 e. The van der Waals surface area contributed by atoms with Crippen LogP contribution in [0, 0.1) is 11.8 Å². The van der Waals surface area contributed by atoms with Crippen molar-refractivity contribution in [3.63, 3.8) is 0 Å². The highest BCUT2D eigenvalue weighted by Gasteiger charge is 2.59. The number of carbonyl (C=O) groups excluding carboxylic acids is 2. The van der Waals surface area contributed by atoms with Crippen molar-refractivity contribution in [2.75, 3.05) is 6.61 Å². The first kappa shape index (κ1) is 32.1. The minimum atomic E-state index is -2.34. The van der Waals surface area contributed by atoms with Crippen molar-refractivity contribution in [1.29, 1.82) is 0 Å². The first-order chi connectivity index (χ1) is 17.6. The topological polar surface area (TPSA) is 155 Å². The van der Waals surface area contributed by atoms with E-state index in [4.69, 9.17) is 14.2 Å². The molecule has 2 heterocycles. The summed E-state index contributed by atoms with van der Waals surface area (Å²) in [5.74, 6) is -2.52. The van der Waals surface area contributed by atoms with Crippen molar-refractivity contribution in [3.05, 3.63) is 36.0 Å². The third-order valence-electron chi connectivity index (χ3n) is 7.08. The van der Waals surface area contributed by atoms with E-state index in [1.165, 1.54) is 6.08 Å². The lowest BCUT2D eigenvalue weighted by Gasteiger charge is -2.50. The number of nitrogens with one attached hydrogen (secondary N) is 1. The van der Waals surface area contributed by atoms with Crippen LogP contribution < -0.4 is 5.32 Å². The second kappa shape index (κ2) is 13.3. The van der Waals surface area contributed by atoms with Gasteiger partial charge in [-0.25, -0.2) is 0 Å². The summed E-state index contributed by atoms with van der Waals surface area (Å²) in [6.07, 6.45) is 4.98. The van der Waals surface area contributed by atoms with Gasteiger partial charge in [0.1, 0.15) is 24.9 Å². The normalized spacial score (nSPS) is 38.6. The van der Waals surface area contributed by atoms with Gasteiger partial charge in [0.2, 0.25) is 5.91 Å². The molecular weight excluding hydrogens is 494 g/mol. The summed E-state index contributed by atoms with van der Waals surface area (Å²) in [6, 6.07) is -0.0747. The molecule has 216 valence electrons. The Labute approximate surface area is 225 Å². The maximum absolute atomic E-state index is 12.2. The number of ether oxygens (including phenoxy) is 3. The van der Waals surface area contributed by atoms with Crippen LogP contribution in [0.4, 0.5) is 0 Å². The average Bonchev–Trinajstić information content (AvgIpc) is 2.83. The quantitative estimate of drug-likeness (QED) is 0.167. The monoisotopic (exact) mass is 539 g/mol. The highest BCUT2D eigenvalue weighted by Crippen LogP contribution is 2.36. The van der Waals surface area contributed by atoms with Crippen LogP contribution in [0.1, 0.15) is 61.3 Å². The van der Waals surface area contributed by atoms with E-state index in [2.05, 4.69) is 12.2 Å². The van der Waals surface area contributed by atoms with E-state index in [1.807, 2.05) is 39.8 Å². The zero-order valence-electron chi connectivity index (χ0n) is 23.5. The Kier molecular flexibility index (Phi) is 11.3. The molecule has 0 saturated carbocycles. The Balaban J connectivity index is 2.01. The van der Waals surface area contributed by atoms with E-state index < -0.39 is 42.3 Å². The van der Waals surface area contributed by atoms with E-state index in [1.54, 1.807) is 12.2 Å². The molecule has 2 rings (SSSR count). The van der Waals surface area contributed by atoms with Crippen molar-refractivity contribution >= 4 is 11.9 Å². The number of esters is 1. The van der Waals surface area contributed by atoms with Crippen LogP contribution in [0.25, 0.3) is 0 Å². The standard InChI is InChI=1S/C28H45NO9/c1-16(2)8-13-24(31)29-21-14-18(4)22(37-19(21)5)11-9-17(3)10-12-23-25(32)28(35,15-36-20(6)30)26(33)27(7,34)38-23/h8-10,12-13,16,18-19,21-23,25-26,32-35H,11,14-15H2,1-7H3,(H,29,31)/b12-10+,13-8-,17-9+/t18-,19+,21+,22-,23?,25?,26?,27?,28?/m0/s1. The molecule has 2 aliphatic rings.